The summed E-state index contributed by atoms with van der Waals surface area (Å²) in [7, 11) is 0. The highest BCUT2D eigenvalue weighted by molar-refractivity contribution is 7.00. The quantitative estimate of drug-likeness (QED) is 0.773. The predicted molar refractivity (Wildman–Crippen MR) is 92.1 cm³/mol. The van der Waals surface area contributed by atoms with E-state index < -0.39 is 0 Å². The van der Waals surface area contributed by atoms with Gasteiger partial charge in [0.05, 0.1) is 17.4 Å². The van der Waals surface area contributed by atoms with Gasteiger partial charge in [-0.3, -0.25) is 4.79 Å². The minimum absolute atomic E-state index is 0.0466. The van der Waals surface area contributed by atoms with Gasteiger partial charge in [-0.25, -0.2) is 0 Å². The molecule has 0 saturated heterocycles. The number of fused-ring (bicyclic) bond motifs is 1. The fraction of sp³-hybridized carbons (Fsp3) is 0.235. The SMILES string of the molecule is CC(C)c1ccc(OCC(=O)Nc2cccc3nsnc23)cc1. The van der Waals surface area contributed by atoms with Crippen molar-refractivity contribution < 1.29 is 9.53 Å². The van der Waals surface area contributed by atoms with E-state index in [1.165, 1.54) is 5.56 Å². The second-order valence-electron chi connectivity index (χ2n) is 5.50. The van der Waals surface area contributed by atoms with Crippen molar-refractivity contribution in [3.8, 4) is 5.75 Å². The Kier molecular flexibility index (Phi) is 4.52. The van der Waals surface area contributed by atoms with Crippen LogP contribution in [0.1, 0.15) is 25.3 Å². The lowest BCUT2D eigenvalue weighted by Crippen LogP contribution is -2.20. The highest BCUT2D eigenvalue weighted by atomic mass is 32.1. The Hall–Kier alpha value is -2.47. The van der Waals surface area contributed by atoms with Gasteiger partial charge in [0.2, 0.25) is 0 Å². The summed E-state index contributed by atoms with van der Waals surface area (Å²) >= 11 is 1.13. The van der Waals surface area contributed by atoms with Crippen molar-refractivity contribution in [3.63, 3.8) is 0 Å². The average molecular weight is 327 g/mol. The van der Waals surface area contributed by atoms with Gasteiger partial charge in [-0.05, 0) is 35.7 Å². The second-order valence-corrected chi connectivity index (χ2v) is 6.03. The van der Waals surface area contributed by atoms with Crippen LogP contribution in [0.25, 0.3) is 11.0 Å². The molecule has 5 nitrogen and oxygen atoms in total. The lowest BCUT2D eigenvalue weighted by atomic mass is 10.0. The number of nitrogens with zero attached hydrogens (tertiary/aromatic N) is 2. The van der Waals surface area contributed by atoms with E-state index in [9.17, 15) is 4.79 Å². The molecule has 0 saturated carbocycles. The third-order valence-corrected chi connectivity index (χ3v) is 4.02. The van der Waals surface area contributed by atoms with Gasteiger partial charge in [0.1, 0.15) is 16.8 Å². The first-order chi connectivity index (χ1) is 11.1. The highest BCUT2D eigenvalue weighted by Crippen LogP contribution is 2.21. The Bertz CT molecular complexity index is 812. The summed E-state index contributed by atoms with van der Waals surface area (Å²) in [5, 5.41) is 2.81. The molecule has 0 unspecified atom stereocenters. The van der Waals surface area contributed by atoms with Crippen molar-refractivity contribution in [2.24, 2.45) is 0 Å². The third-order valence-electron chi connectivity index (χ3n) is 3.48. The van der Waals surface area contributed by atoms with Crippen LogP contribution in [0.2, 0.25) is 0 Å². The van der Waals surface area contributed by atoms with Gasteiger partial charge >= 0.3 is 0 Å². The molecule has 1 heterocycles. The Morgan fingerprint density at radius 3 is 2.70 bits per heavy atom. The van der Waals surface area contributed by atoms with Crippen molar-refractivity contribution in [1.29, 1.82) is 0 Å². The number of anilines is 1. The number of carbonyl (C=O) groups is 1. The number of amides is 1. The zero-order valence-corrected chi connectivity index (χ0v) is 13.8. The van der Waals surface area contributed by atoms with E-state index >= 15 is 0 Å². The topological polar surface area (TPSA) is 64.1 Å². The van der Waals surface area contributed by atoms with Gasteiger partial charge in [-0.1, -0.05) is 32.0 Å². The van der Waals surface area contributed by atoms with Crippen molar-refractivity contribution in [2.45, 2.75) is 19.8 Å². The van der Waals surface area contributed by atoms with E-state index in [1.54, 1.807) is 6.07 Å². The predicted octanol–water partition coefficient (Wildman–Crippen LogP) is 3.83. The van der Waals surface area contributed by atoms with Crippen LogP contribution in [-0.2, 0) is 4.79 Å². The molecule has 1 amide bonds. The second kappa shape index (κ2) is 6.75. The van der Waals surface area contributed by atoms with Crippen LogP contribution in [0, 0.1) is 0 Å². The molecule has 0 aliphatic carbocycles. The van der Waals surface area contributed by atoms with Crippen molar-refractivity contribution >= 4 is 34.4 Å². The summed E-state index contributed by atoms with van der Waals surface area (Å²) in [4.78, 5) is 12.0. The van der Waals surface area contributed by atoms with Gasteiger partial charge < -0.3 is 10.1 Å². The van der Waals surface area contributed by atoms with E-state index in [1.807, 2.05) is 36.4 Å². The molecule has 0 bridgehead atoms. The minimum atomic E-state index is -0.224. The number of aromatic nitrogens is 2. The van der Waals surface area contributed by atoms with Gasteiger partial charge in [0.25, 0.3) is 5.91 Å². The Morgan fingerprint density at radius 2 is 1.96 bits per heavy atom. The first-order valence-electron chi connectivity index (χ1n) is 7.37. The first-order valence-corrected chi connectivity index (χ1v) is 8.10. The molecular weight excluding hydrogens is 310 g/mol. The summed E-state index contributed by atoms with van der Waals surface area (Å²) in [6.45, 7) is 4.23. The van der Waals surface area contributed by atoms with Crippen molar-refractivity contribution in [1.82, 2.24) is 8.75 Å². The fourth-order valence-electron chi connectivity index (χ4n) is 2.19. The molecule has 0 spiro atoms. The summed E-state index contributed by atoms with van der Waals surface area (Å²) < 4.78 is 13.9. The molecular formula is C17H17N3O2S. The standard InChI is InChI=1S/C17H17N3O2S/c1-11(2)12-6-8-13(9-7-12)22-10-16(21)18-14-4-3-5-15-17(14)20-23-19-15/h3-9,11H,10H2,1-2H3,(H,18,21). The highest BCUT2D eigenvalue weighted by Gasteiger charge is 2.09. The van der Waals surface area contributed by atoms with E-state index in [0.717, 1.165) is 17.2 Å². The number of hydrogen-bond acceptors (Lipinski definition) is 5. The Labute approximate surface area is 138 Å². The molecule has 1 N–H and O–H groups in total. The Balaban J connectivity index is 1.60. The van der Waals surface area contributed by atoms with Crippen molar-refractivity contribution in [2.75, 3.05) is 11.9 Å². The number of rotatable bonds is 5. The average Bonchev–Trinajstić information content (AvgIpc) is 3.03. The molecule has 2 aromatic carbocycles. The number of nitrogens with one attached hydrogen (secondary N) is 1. The van der Waals surface area contributed by atoms with Gasteiger partial charge in [0.15, 0.2) is 6.61 Å². The summed E-state index contributed by atoms with van der Waals surface area (Å²) in [5.41, 5.74) is 3.37. The van der Waals surface area contributed by atoms with E-state index in [-0.39, 0.29) is 12.5 Å². The molecule has 0 aliphatic rings. The number of ether oxygens (including phenoxy) is 1. The van der Waals surface area contributed by atoms with Crippen LogP contribution in [-0.4, -0.2) is 21.3 Å². The van der Waals surface area contributed by atoms with E-state index in [4.69, 9.17) is 4.74 Å². The zero-order chi connectivity index (χ0) is 16.2. The third kappa shape index (κ3) is 3.65. The van der Waals surface area contributed by atoms with Crippen LogP contribution < -0.4 is 10.1 Å². The van der Waals surface area contributed by atoms with Crippen molar-refractivity contribution in [3.05, 3.63) is 48.0 Å². The summed E-state index contributed by atoms with van der Waals surface area (Å²) in [6, 6.07) is 13.3. The normalized spacial score (nSPS) is 10.9. The maximum atomic E-state index is 12.0. The van der Waals surface area contributed by atoms with Gasteiger partial charge in [-0.15, -0.1) is 0 Å². The van der Waals surface area contributed by atoms with Crippen LogP contribution >= 0.6 is 11.7 Å². The molecule has 1 aromatic heterocycles. The monoisotopic (exact) mass is 327 g/mol. The fourth-order valence-corrected chi connectivity index (χ4v) is 2.74. The number of benzene rings is 2. The molecule has 0 fully saturated rings. The molecule has 0 atom stereocenters. The number of hydrogen-bond donors (Lipinski definition) is 1. The molecule has 23 heavy (non-hydrogen) atoms. The molecule has 0 aliphatic heterocycles. The molecule has 118 valence electrons. The molecule has 3 rings (SSSR count). The summed E-state index contributed by atoms with van der Waals surface area (Å²) in [5.74, 6) is 0.927. The van der Waals surface area contributed by atoms with E-state index in [2.05, 4.69) is 27.9 Å². The van der Waals surface area contributed by atoms with E-state index in [0.29, 0.717) is 22.9 Å². The lowest BCUT2D eigenvalue weighted by Gasteiger charge is -2.09. The van der Waals surface area contributed by atoms with Gasteiger partial charge in [0, 0.05) is 0 Å². The minimum Gasteiger partial charge on any atom is -0.484 e. The number of carbonyl (C=O) groups excluding carboxylic acids is 1. The first kappa shape index (κ1) is 15.4. The van der Waals surface area contributed by atoms with Crippen LogP contribution in [0.4, 0.5) is 5.69 Å². The maximum absolute atomic E-state index is 12.0. The smallest absolute Gasteiger partial charge is 0.262 e. The Morgan fingerprint density at radius 1 is 1.17 bits per heavy atom. The zero-order valence-electron chi connectivity index (χ0n) is 12.9. The summed E-state index contributed by atoms with van der Waals surface area (Å²) in [6.07, 6.45) is 0. The van der Waals surface area contributed by atoms with Crippen LogP contribution in [0.5, 0.6) is 5.75 Å². The van der Waals surface area contributed by atoms with Gasteiger partial charge in [-0.2, -0.15) is 8.75 Å². The van der Waals surface area contributed by atoms with Crippen LogP contribution in [0.3, 0.4) is 0 Å². The van der Waals surface area contributed by atoms with Crippen LogP contribution in [0.15, 0.2) is 42.5 Å². The maximum Gasteiger partial charge on any atom is 0.262 e. The molecule has 6 heteroatoms. The molecule has 3 aromatic rings. The lowest BCUT2D eigenvalue weighted by molar-refractivity contribution is -0.118. The molecule has 0 radical (unpaired) electrons. The largest absolute Gasteiger partial charge is 0.484 e.